The number of halogens is 2. The lowest BCUT2D eigenvalue weighted by Crippen LogP contribution is -2.25. The molecule has 0 aliphatic heterocycles. The largest absolute Gasteiger partial charge is 0.345 e. The molecule has 0 saturated heterocycles. The van der Waals surface area contributed by atoms with Gasteiger partial charge in [-0.2, -0.15) is 0 Å². The monoisotopic (exact) mass is 539 g/mol. The van der Waals surface area contributed by atoms with E-state index in [2.05, 4.69) is 36.8 Å². The number of para-hydroxylation sites is 1. The Morgan fingerprint density at radius 3 is 2.50 bits per heavy atom. The zero-order valence-electron chi connectivity index (χ0n) is 17.7. The lowest BCUT2D eigenvalue weighted by Gasteiger charge is -2.11. The fourth-order valence-corrected chi connectivity index (χ4v) is 4.31. The van der Waals surface area contributed by atoms with Crippen LogP contribution in [0.5, 0.6) is 0 Å². The molecule has 10 heteroatoms. The van der Waals surface area contributed by atoms with E-state index in [1.807, 2.05) is 48.5 Å². The molecule has 7 nitrogen and oxygen atoms in total. The van der Waals surface area contributed by atoms with Crippen molar-refractivity contribution in [2.45, 2.75) is 11.7 Å². The van der Waals surface area contributed by atoms with E-state index >= 15 is 0 Å². The standard InChI is InChI=1S/C24H19BrFN5O2S/c25-16-7-6-8-17(13-16)28-22(32)15-34-24-30-29-21(31(24)18-9-2-1-3-10-18)14-27-23(33)19-11-4-5-12-20(19)26/h1-13H,14-15H2,(H,27,33)(H,28,32). The van der Waals surface area contributed by atoms with Gasteiger partial charge in [-0.3, -0.25) is 14.2 Å². The highest BCUT2D eigenvalue weighted by Gasteiger charge is 2.18. The zero-order valence-corrected chi connectivity index (χ0v) is 20.1. The lowest BCUT2D eigenvalue weighted by molar-refractivity contribution is -0.113. The molecule has 3 aromatic carbocycles. The number of nitrogens with one attached hydrogen (secondary N) is 2. The van der Waals surface area contributed by atoms with Crippen LogP contribution in [0, 0.1) is 5.82 Å². The number of thioether (sulfide) groups is 1. The topological polar surface area (TPSA) is 88.9 Å². The maximum Gasteiger partial charge on any atom is 0.254 e. The number of hydrogen-bond donors (Lipinski definition) is 2. The normalized spacial score (nSPS) is 10.6. The number of benzene rings is 3. The highest BCUT2D eigenvalue weighted by atomic mass is 79.9. The van der Waals surface area contributed by atoms with E-state index in [4.69, 9.17) is 0 Å². The molecule has 172 valence electrons. The van der Waals surface area contributed by atoms with Gasteiger partial charge in [0, 0.05) is 15.8 Å². The van der Waals surface area contributed by atoms with Crippen LogP contribution in [0.2, 0.25) is 0 Å². The first-order valence-corrected chi connectivity index (χ1v) is 12.0. The van der Waals surface area contributed by atoms with Crippen LogP contribution in [-0.4, -0.2) is 32.3 Å². The van der Waals surface area contributed by atoms with E-state index in [9.17, 15) is 14.0 Å². The molecule has 4 aromatic rings. The summed E-state index contributed by atoms with van der Waals surface area (Å²) in [6.45, 7) is 0.0276. The Labute approximate surface area is 207 Å². The van der Waals surface area contributed by atoms with Gasteiger partial charge >= 0.3 is 0 Å². The molecule has 0 saturated carbocycles. The van der Waals surface area contributed by atoms with Gasteiger partial charge in [-0.25, -0.2) is 4.39 Å². The Hall–Kier alpha value is -3.50. The SMILES string of the molecule is O=C(CSc1nnc(CNC(=O)c2ccccc2F)n1-c1ccccc1)Nc1cccc(Br)c1. The second-order valence-corrected chi connectivity index (χ2v) is 8.94. The summed E-state index contributed by atoms with van der Waals surface area (Å²) in [6, 6.07) is 22.4. The number of carbonyl (C=O) groups is 2. The third kappa shape index (κ3) is 5.89. The zero-order chi connectivity index (χ0) is 23.9. The Kier molecular flexibility index (Phi) is 7.71. The van der Waals surface area contributed by atoms with Crippen molar-refractivity contribution in [1.29, 1.82) is 0 Å². The van der Waals surface area contributed by atoms with E-state index in [1.165, 1.54) is 30.0 Å². The summed E-state index contributed by atoms with van der Waals surface area (Å²) in [7, 11) is 0. The van der Waals surface area contributed by atoms with Crippen LogP contribution in [0.15, 0.2) is 88.5 Å². The molecule has 0 atom stereocenters. The average Bonchev–Trinajstić information content (AvgIpc) is 3.25. The first-order valence-electron chi connectivity index (χ1n) is 10.2. The number of hydrogen-bond acceptors (Lipinski definition) is 5. The molecule has 0 aliphatic carbocycles. The Morgan fingerprint density at radius 2 is 1.74 bits per heavy atom. The van der Waals surface area contributed by atoms with Crippen molar-refractivity contribution in [3.63, 3.8) is 0 Å². The van der Waals surface area contributed by atoms with Gasteiger partial charge in [0.1, 0.15) is 5.82 Å². The minimum Gasteiger partial charge on any atom is -0.345 e. The van der Waals surface area contributed by atoms with Gasteiger partial charge < -0.3 is 10.6 Å². The Morgan fingerprint density at radius 1 is 0.971 bits per heavy atom. The molecule has 2 N–H and O–H groups in total. The molecule has 0 spiro atoms. The smallest absolute Gasteiger partial charge is 0.254 e. The molecule has 0 radical (unpaired) electrons. The van der Waals surface area contributed by atoms with E-state index in [1.54, 1.807) is 16.7 Å². The van der Waals surface area contributed by atoms with Gasteiger partial charge in [0.05, 0.1) is 17.9 Å². The molecule has 1 aromatic heterocycles. The summed E-state index contributed by atoms with van der Waals surface area (Å²) >= 11 is 4.60. The summed E-state index contributed by atoms with van der Waals surface area (Å²) < 4.78 is 16.6. The van der Waals surface area contributed by atoms with Gasteiger partial charge in [-0.15, -0.1) is 10.2 Å². The van der Waals surface area contributed by atoms with Crippen molar-refractivity contribution in [2.75, 3.05) is 11.1 Å². The van der Waals surface area contributed by atoms with E-state index in [-0.39, 0.29) is 23.8 Å². The average molecular weight is 540 g/mol. The number of anilines is 1. The molecule has 34 heavy (non-hydrogen) atoms. The summed E-state index contributed by atoms with van der Waals surface area (Å²) in [5.74, 6) is -0.787. The fourth-order valence-electron chi connectivity index (χ4n) is 3.14. The molecule has 0 bridgehead atoms. The lowest BCUT2D eigenvalue weighted by atomic mass is 10.2. The molecular weight excluding hydrogens is 521 g/mol. The van der Waals surface area contributed by atoms with Crippen LogP contribution >= 0.6 is 27.7 Å². The second-order valence-electron chi connectivity index (χ2n) is 7.08. The first kappa shape index (κ1) is 23.7. The van der Waals surface area contributed by atoms with Crippen molar-refractivity contribution < 1.29 is 14.0 Å². The highest BCUT2D eigenvalue weighted by molar-refractivity contribution is 9.10. The van der Waals surface area contributed by atoms with Crippen LogP contribution in [0.4, 0.5) is 10.1 Å². The van der Waals surface area contributed by atoms with Crippen LogP contribution in [-0.2, 0) is 11.3 Å². The number of carbonyl (C=O) groups excluding carboxylic acids is 2. The quantitative estimate of drug-likeness (QED) is 0.313. The summed E-state index contributed by atoms with van der Waals surface area (Å²) in [4.78, 5) is 24.9. The summed E-state index contributed by atoms with van der Waals surface area (Å²) in [5, 5.41) is 14.4. The van der Waals surface area contributed by atoms with Gasteiger partial charge in [-0.05, 0) is 42.5 Å². The van der Waals surface area contributed by atoms with Gasteiger partial charge in [0.15, 0.2) is 11.0 Å². The minimum absolute atomic E-state index is 0.0276. The van der Waals surface area contributed by atoms with Gasteiger partial charge in [0.25, 0.3) is 5.91 Å². The van der Waals surface area contributed by atoms with E-state index < -0.39 is 11.7 Å². The maximum atomic E-state index is 13.9. The molecule has 2 amide bonds. The predicted molar refractivity (Wildman–Crippen MR) is 132 cm³/mol. The summed E-state index contributed by atoms with van der Waals surface area (Å²) in [6.07, 6.45) is 0. The van der Waals surface area contributed by atoms with Gasteiger partial charge in [0.2, 0.25) is 5.91 Å². The van der Waals surface area contributed by atoms with Crippen molar-refractivity contribution in [2.24, 2.45) is 0 Å². The summed E-state index contributed by atoms with van der Waals surface area (Å²) in [5.41, 5.74) is 1.41. The Balaban J connectivity index is 1.49. The predicted octanol–water partition coefficient (Wildman–Crippen LogP) is 4.83. The number of amides is 2. The minimum atomic E-state index is -0.600. The maximum absolute atomic E-state index is 13.9. The molecule has 4 rings (SSSR count). The van der Waals surface area contributed by atoms with E-state index in [0.29, 0.717) is 16.7 Å². The molecule has 0 aliphatic rings. The van der Waals surface area contributed by atoms with Crippen LogP contribution in [0.1, 0.15) is 16.2 Å². The van der Waals surface area contributed by atoms with Crippen LogP contribution in [0.25, 0.3) is 5.69 Å². The molecule has 0 fully saturated rings. The number of aromatic nitrogens is 3. The Bertz CT molecular complexity index is 1320. The third-order valence-corrected chi connectivity index (χ3v) is 6.10. The van der Waals surface area contributed by atoms with Crippen molar-refractivity contribution >= 4 is 45.2 Å². The molecular formula is C24H19BrFN5O2S. The van der Waals surface area contributed by atoms with Crippen molar-refractivity contribution in [3.8, 4) is 5.69 Å². The number of rotatable bonds is 8. The van der Waals surface area contributed by atoms with Gasteiger partial charge in [-0.1, -0.05) is 64.1 Å². The van der Waals surface area contributed by atoms with Crippen LogP contribution in [0.3, 0.4) is 0 Å². The molecule has 1 heterocycles. The van der Waals surface area contributed by atoms with Crippen LogP contribution < -0.4 is 10.6 Å². The first-order chi connectivity index (χ1) is 16.5. The number of nitrogens with zero attached hydrogens (tertiary/aromatic N) is 3. The second kappa shape index (κ2) is 11.1. The van der Waals surface area contributed by atoms with Crippen molar-refractivity contribution in [3.05, 3.63) is 101 Å². The fraction of sp³-hybridized carbons (Fsp3) is 0.0833. The van der Waals surface area contributed by atoms with E-state index in [0.717, 1.165) is 10.2 Å². The highest BCUT2D eigenvalue weighted by Crippen LogP contribution is 2.23. The third-order valence-electron chi connectivity index (χ3n) is 4.68. The van der Waals surface area contributed by atoms with Crippen molar-refractivity contribution in [1.82, 2.24) is 20.1 Å². The molecule has 0 unspecified atom stereocenters.